The lowest BCUT2D eigenvalue weighted by Gasteiger charge is -2.09. The van der Waals surface area contributed by atoms with Gasteiger partial charge in [-0.15, -0.1) is 0 Å². The van der Waals surface area contributed by atoms with Crippen molar-refractivity contribution in [1.29, 1.82) is 0 Å². The lowest BCUT2D eigenvalue weighted by atomic mass is 10.3. The fourth-order valence-corrected chi connectivity index (χ4v) is 1.84. The van der Waals surface area contributed by atoms with Crippen LogP contribution in [0.1, 0.15) is 12.8 Å². The molecule has 0 aromatic heterocycles. The highest BCUT2D eigenvalue weighted by molar-refractivity contribution is 6.35. The first-order chi connectivity index (χ1) is 10.0. The molecule has 0 aliphatic carbocycles. The van der Waals surface area contributed by atoms with Gasteiger partial charge in [0.25, 0.3) is 5.91 Å². The minimum atomic E-state index is -0.421. The Morgan fingerprint density at radius 1 is 1.19 bits per heavy atom. The van der Waals surface area contributed by atoms with E-state index in [0.29, 0.717) is 28.8 Å². The van der Waals surface area contributed by atoms with Crippen molar-refractivity contribution < 1.29 is 19.1 Å². The van der Waals surface area contributed by atoms with Crippen LogP contribution in [0.15, 0.2) is 18.2 Å². The third-order valence-corrected chi connectivity index (χ3v) is 2.85. The van der Waals surface area contributed by atoms with Crippen LogP contribution in [-0.4, -0.2) is 32.1 Å². The van der Waals surface area contributed by atoms with Crippen molar-refractivity contribution >= 4 is 35.0 Å². The van der Waals surface area contributed by atoms with Crippen LogP contribution in [0.5, 0.6) is 5.75 Å². The molecule has 2 amide bonds. The number of benzene rings is 1. The van der Waals surface area contributed by atoms with E-state index in [1.54, 1.807) is 18.2 Å². The summed E-state index contributed by atoms with van der Waals surface area (Å²) in [6, 6.07) is 4.91. The number of nitrogens with one attached hydrogen (secondary N) is 2. The lowest BCUT2D eigenvalue weighted by Crippen LogP contribution is -2.43. The maximum atomic E-state index is 11.4. The van der Waals surface area contributed by atoms with Gasteiger partial charge in [0.05, 0.1) is 11.6 Å². The number of hydrogen-bond acceptors (Lipinski definition) is 4. The van der Waals surface area contributed by atoms with Gasteiger partial charge in [0, 0.05) is 18.6 Å². The Kier molecular flexibility index (Phi) is 7.89. The zero-order valence-electron chi connectivity index (χ0n) is 11.4. The van der Waals surface area contributed by atoms with Crippen LogP contribution in [0.4, 0.5) is 0 Å². The molecule has 2 N–H and O–H groups in total. The van der Waals surface area contributed by atoms with Crippen LogP contribution in [0.2, 0.25) is 10.0 Å². The average molecular weight is 335 g/mol. The number of hydrogen-bond donors (Lipinski definition) is 2. The van der Waals surface area contributed by atoms with Gasteiger partial charge in [0.2, 0.25) is 5.91 Å². The maximum Gasteiger partial charge on any atom is 0.264 e. The van der Waals surface area contributed by atoms with E-state index in [1.807, 2.05) is 0 Å². The zero-order chi connectivity index (χ0) is 15.7. The minimum absolute atomic E-state index is 0.113. The molecule has 0 unspecified atom stereocenters. The van der Waals surface area contributed by atoms with Gasteiger partial charge in [-0.3, -0.25) is 20.4 Å². The Balaban J connectivity index is 2.18. The molecule has 1 aromatic rings. The highest BCUT2D eigenvalue weighted by Gasteiger charge is 2.05. The molecular formula is C13H16Cl2N2O4. The summed E-state index contributed by atoms with van der Waals surface area (Å²) in [6.07, 6.45) is 0.684. The Morgan fingerprint density at radius 2 is 1.90 bits per heavy atom. The molecule has 0 saturated heterocycles. The second-order valence-corrected chi connectivity index (χ2v) is 4.90. The first-order valence-electron chi connectivity index (χ1n) is 6.17. The van der Waals surface area contributed by atoms with Crippen LogP contribution in [0.3, 0.4) is 0 Å². The van der Waals surface area contributed by atoms with E-state index in [4.69, 9.17) is 27.9 Å². The summed E-state index contributed by atoms with van der Waals surface area (Å²) in [6.45, 7) is 0.208. The van der Waals surface area contributed by atoms with Gasteiger partial charge in [-0.1, -0.05) is 23.2 Å². The van der Waals surface area contributed by atoms with E-state index in [2.05, 4.69) is 15.6 Å². The van der Waals surface area contributed by atoms with Crippen molar-refractivity contribution in [2.75, 3.05) is 20.3 Å². The van der Waals surface area contributed by atoms with E-state index in [1.165, 1.54) is 7.11 Å². The SMILES string of the molecule is COCC(=O)NNC(=O)CCCOc1ccc(Cl)cc1Cl. The fourth-order valence-electron chi connectivity index (χ4n) is 1.38. The summed E-state index contributed by atoms with van der Waals surface area (Å²) in [5, 5.41) is 0.942. The number of methoxy groups -OCH3 is 1. The quantitative estimate of drug-likeness (QED) is 0.590. The molecule has 8 heteroatoms. The molecular weight excluding hydrogens is 319 g/mol. The first kappa shape index (κ1) is 17.6. The molecule has 0 aliphatic rings. The summed E-state index contributed by atoms with van der Waals surface area (Å²) >= 11 is 11.7. The van der Waals surface area contributed by atoms with E-state index >= 15 is 0 Å². The van der Waals surface area contributed by atoms with Gasteiger partial charge < -0.3 is 9.47 Å². The number of halogens is 2. The topological polar surface area (TPSA) is 76.7 Å². The van der Waals surface area contributed by atoms with Crippen molar-refractivity contribution in [2.45, 2.75) is 12.8 Å². The van der Waals surface area contributed by atoms with Crippen LogP contribution in [-0.2, 0) is 14.3 Å². The maximum absolute atomic E-state index is 11.4. The van der Waals surface area contributed by atoms with Gasteiger partial charge in [0.1, 0.15) is 12.4 Å². The van der Waals surface area contributed by atoms with Gasteiger partial charge >= 0.3 is 0 Å². The van der Waals surface area contributed by atoms with E-state index < -0.39 is 5.91 Å². The zero-order valence-corrected chi connectivity index (χ0v) is 13.0. The van der Waals surface area contributed by atoms with Crippen LogP contribution < -0.4 is 15.6 Å². The molecule has 1 aromatic carbocycles. The normalized spacial score (nSPS) is 10.0. The summed E-state index contributed by atoms with van der Waals surface area (Å²) in [4.78, 5) is 22.4. The van der Waals surface area contributed by atoms with Crippen LogP contribution >= 0.6 is 23.2 Å². The summed E-state index contributed by atoms with van der Waals surface area (Å²) in [7, 11) is 1.39. The van der Waals surface area contributed by atoms with Crippen molar-refractivity contribution in [3.05, 3.63) is 28.2 Å². The van der Waals surface area contributed by atoms with Gasteiger partial charge in [0.15, 0.2) is 0 Å². The van der Waals surface area contributed by atoms with Crippen LogP contribution in [0.25, 0.3) is 0 Å². The molecule has 0 radical (unpaired) electrons. The Morgan fingerprint density at radius 3 is 2.57 bits per heavy atom. The number of carbonyl (C=O) groups is 2. The molecule has 0 saturated carbocycles. The Hall–Kier alpha value is -1.50. The van der Waals surface area contributed by atoms with Gasteiger partial charge in [-0.2, -0.15) is 0 Å². The smallest absolute Gasteiger partial charge is 0.264 e. The predicted molar refractivity (Wildman–Crippen MR) is 79.4 cm³/mol. The third-order valence-electron chi connectivity index (χ3n) is 2.32. The second kappa shape index (κ2) is 9.44. The van der Waals surface area contributed by atoms with Crippen molar-refractivity contribution in [3.63, 3.8) is 0 Å². The molecule has 0 aliphatic heterocycles. The molecule has 0 atom stereocenters. The molecule has 116 valence electrons. The van der Waals surface area contributed by atoms with Crippen molar-refractivity contribution in [1.82, 2.24) is 10.9 Å². The average Bonchev–Trinajstić information content (AvgIpc) is 2.43. The largest absolute Gasteiger partial charge is 0.492 e. The lowest BCUT2D eigenvalue weighted by molar-refractivity contribution is -0.131. The number of ether oxygens (including phenoxy) is 2. The molecule has 6 nitrogen and oxygen atoms in total. The standard InChI is InChI=1S/C13H16Cl2N2O4/c1-20-8-13(19)17-16-12(18)3-2-6-21-11-5-4-9(14)7-10(11)15/h4-5,7H,2-3,6,8H2,1H3,(H,16,18)(H,17,19). The van der Waals surface area contributed by atoms with E-state index in [-0.39, 0.29) is 18.9 Å². The van der Waals surface area contributed by atoms with Gasteiger partial charge in [-0.25, -0.2) is 0 Å². The monoisotopic (exact) mass is 334 g/mol. The number of rotatable bonds is 7. The predicted octanol–water partition coefficient (Wildman–Crippen LogP) is 1.95. The van der Waals surface area contributed by atoms with E-state index in [9.17, 15) is 9.59 Å². The molecule has 0 bridgehead atoms. The first-order valence-corrected chi connectivity index (χ1v) is 6.93. The van der Waals surface area contributed by atoms with Crippen molar-refractivity contribution in [3.8, 4) is 5.75 Å². The molecule has 0 spiro atoms. The summed E-state index contributed by atoms with van der Waals surface area (Å²) in [5.74, 6) is -0.227. The number of amides is 2. The van der Waals surface area contributed by atoms with E-state index in [0.717, 1.165) is 0 Å². The van der Waals surface area contributed by atoms with Gasteiger partial charge in [-0.05, 0) is 24.6 Å². The minimum Gasteiger partial charge on any atom is -0.492 e. The second-order valence-electron chi connectivity index (χ2n) is 4.06. The van der Waals surface area contributed by atoms with Crippen LogP contribution in [0, 0.1) is 0 Å². The molecule has 1 rings (SSSR count). The highest BCUT2D eigenvalue weighted by Crippen LogP contribution is 2.27. The Labute approximate surface area is 132 Å². The summed E-state index contributed by atoms with van der Waals surface area (Å²) < 4.78 is 10.0. The third kappa shape index (κ3) is 7.17. The summed E-state index contributed by atoms with van der Waals surface area (Å²) in [5.41, 5.74) is 4.48. The van der Waals surface area contributed by atoms with Crippen molar-refractivity contribution in [2.24, 2.45) is 0 Å². The molecule has 0 heterocycles. The molecule has 21 heavy (non-hydrogen) atoms. The molecule has 0 fully saturated rings. The highest BCUT2D eigenvalue weighted by atomic mass is 35.5. The number of carbonyl (C=O) groups excluding carboxylic acids is 2. The fraction of sp³-hybridized carbons (Fsp3) is 0.385. The number of hydrazine groups is 1. The Bertz CT molecular complexity index is 497.